The molecule has 334 valence electrons. The summed E-state index contributed by atoms with van der Waals surface area (Å²) in [4.78, 5) is 56.0. The summed E-state index contributed by atoms with van der Waals surface area (Å²) < 4.78 is 63.3. The number of piperidine rings is 1. The average Bonchev–Trinajstić information content (AvgIpc) is 3.73. The molecule has 4 heterocycles. The molecule has 1 aromatic heterocycles. The number of ether oxygens (including phenoxy) is 4. The lowest BCUT2D eigenvalue weighted by Crippen LogP contribution is -2.58. The summed E-state index contributed by atoms with van der Waals surface area (Å²) in [7, 11) is 1.55. The third-order valence-electron chi connectivity index (χ3n) is 11.2. The van der Waals surface area contributed by atoms with Crippen LogP contribution < -0.4 is 37.7 Å². The van der Waals surface area contributed by atoms with Gasteiger partial charge >= 0.3 is 11.9 Å². The first-order valence-corrected chi connectivity index (χ1v) is 20.0. The Bertz CT molecular complexity index is 2050. The summed E-state index contributed by atoms with van der Waals surface area (Å²) >= 11 is 0. The number of benzene rings is 2. The minimum Gasteiger partial charge on any atom is -0.490 e. The molecule has 0 spiro atoms. The Morgan fingerprint density at radius 2 is 1.70 bits per heavy atom. The quantitative estimate of drug-likeness (QED) is 0.0938. The number of carbonyl (C=O) groups is 2. The number of likely N-dealkylation sites (N-methyl/N-ethyl adjacent to an activating group) is 1. The number of halogens is 3. The molecule has 3 fully saturated rings. The van der Waals surface area contributed by atoms with Crippen molar-refractivity contribution in [2.24, 2.45) is 11.5 Å². The zero-order chi connectivity index (χ0) is 44.0. The van der Waals surface area contributed by atoms with Crippen molar-refractivity contribution < 1.29 is 57.0 Å². The second kappa shape index (κ2) is 19.9. The van der Waals surface area contributed by atoms with Gasteiger partial charge in [0.2, 0.25) is 11.8 Å². The maximum Gasteiger partial charge on any atom is 0.416 e. The third kappa shape index (κ3) is 11.3. The first kappa shape index (κ1) is 45.7. The van der Waals surface area contributed by atoms with E-state index in [4.69, 9.17) is 30.4 Å². The van der Waals surface area contributed by atoms with Crippen molar-refractivity contribution in [3.05, 3.63) is 92.8 Å². The number of rotatable bonds is 17. The number of amides is 2. The second-order valence-corrected chi connectivity index (χ2v) is 15.4. The van der Waals surface area contributed by atoms with Gasteiger partial charge in [-0.05, 0) is 62.0 Å². The Kier molecular flexibility index (Phi) is 14.9. The number of nitrogens with zero attached hydrogens (tertiary/aromatic N) is 3. The second-order valence-electron chi connectivity index (χ2n) is 15.4. The van der Waals surface area contributed by atoms with Gasteiger partial charge in [0.15, 0.2) is 12.5 Å². The van der Waals surface area contributed by atoms with E-state index in [-0.39, 0.29) is 50.9 Å². The van der Waals surface area contributed by atoms with E-state index in [0.29, 0.717) is 31.7 Å². The van der Waals surface area contributed by atoms with Crippen LogP contribution in [0.5, 0.6) is 5.75 Å². The van der Waals surface area contributed by atoms with E-state index in [9.17, 15) is 47.7 Å². The summed E-state index contributed by atoms with van der Waals surface area (Å²) in [6, 6.07) is 12.1. The SMILES string of the molecule is CN(CCCC(=O)NCc1ccc(N2CCC(Oc3ccc(C(F)(F)F)cc3)CC2)cc1)[C@H](C(N)=O)[C@H](O[C@H]1C[C@H](O)[C@@H](CN)O1)[C@H]1O[C@@H](n2ccc(=O)[nH]c2=O)[C@H](O)[C@@H]1O. The molecule has 0 radical (unpaired) electrons. The van der Waals surface area contributed by atoms with Crippen molar-refractivity contribution in [3.8, 4) is 5.75 Å². The molecule has 2 amide bonds. The first-order chi connectivity index (χ1) is 29.0. The maximum atomic E-state index is 13.1. The summed E-state index contributed by atoms with van der Waals surface area (Å²) in [5.41, 5.74) is 11.1. The molecule has 0 aliphatic carbocycles. The van der Waals surface area contributed by atoms with Crippen LogP contribution in [0, 0.1) is 0 Å². The van der Waals surface area contributed by atoms with E-state index >= 15 is 0 Å². The van der Waals surface area contributed by atoms with Crippen molar-refractivity contribution in [1.82, 2.24) is 19.8 Å². The smallest absolute Gasteiger partial charge is 0.416 e. The molecular formula is C40H52F3N7O11. The molecule has 3 aliphatic rings. The number of hydrogen-bond donors (Lipinski definition) is 7. The number of anilines is 1. The molecule has 61 heavy (non-hydrogen) atoms. The molecule has 0 unspecified atom stereocenters. The first-order valence-electron chi connectivity index (χ1n) is 20.0. The van der Waals surface area contributed by atoms with E-state index in [1.54, 1.807) is 7.05 Å². The Hall–Kier alpha value is -4.87. The fraction of sp³-hybridized carbons (Fsp3) is 0.550. The van der Waals surface area contributed by atoms with Crippen LogP contribution in [0.3, 0.4) is 0 Å². The minimum atomic E-state index is -4.40. The van der Waals surface area contributed by atoms with Gasteiger partial charge < -0.3 is 56.0 Å². The molecule has 0 bridgehead atoms. The number of aliphatic hydroxyl groups is 3. The molecule has 3 saturated heterocycles. The van der Waals surface area contributed by atoms with Gasteiger partial charge in [-0.3, -0.25) is 28.8 Å². The maximum absolute atomic E-state index is 13.1. The van der Waals surface area contributed by atoms with Gasteiger partial charge in [0.25, 0.3) is 5.56 Å². The zero-order valence-electron chi connectivity index (χ0n) is 33.4. The van der Waals surface area contributed by atoms with Crippen LogP contribution in [-0.2, 0) is 36.5 Å². The van der Waals surface area contributed by atoms with E-state index < -0.39 is 84.1 Å². The Morgan fingerprint density at radius 1 is 1.02 bits per heavy atom. The zero-order valence-corrected chi connectivity index (χ0v) is 33.4. The van der Waals surface area contributed by atoms with Crippen LogP contribution in [0.2, 0.25) is 0 Å². The molecule has 3 aliphatic heterocycles. The van der Waals surface area contributed by atoms with E-state index in [1.165, 1.54) is 17.0 Å². The number of carbonyl (C=O) groups excluding carboxylic acids is 2. The van der Waals surface area contributed by atoms with Crippen LogP contribution in [0.15, 0.2) is 70.4 Å². The highest BCUT2D eigenvalue weighted by molar-refractivity contribution is 5.80. The minimum absolute atomic E-state index is 0.0346. The summed E-state index contributed by atoms with van der Waals surface area (Å²) in [6.45, 7) is 1.75. The van der Waals surface area contributed by atoms with Gasteiger partial charge in [-0.1, -0.05) is 12.1 Å². The predicted molar refractivity (Wildman–Crippen MR) is 211 cm³/mol. The Balaban J connectivity index is 1.00. The van der Waals surface area contributed by atoms with Gasteiger partial charge in [0, 0.05) is 69.8 Å². The lowest BCUT2D eigenvalue weighted by atomic mass is 9.97. The fourth-order valence-electron chi connectivity index (χ4n) is 7.83. The number of hydrogen-bond acceptors (Lipinski definition) is 14. The molecule has 21 heteroatoms. The highest BCUT2D eigenvalue weighted by Crippen LogP contribution is 2.35. The lowest BCUT2D eigenvalue weighted by Gasteiger charge is -2.37. The standard InChI is InChI=1S/C40H52F3N7O11/c1-48(32(37(45)56)35(60-31-19-27(51)28(20-44)59-31)36-33(54)34(55)38(61-36)50-18-14-30(53)47-39(50)57)15-2-3-29(52)46-21-22-4-8-24(9-5-22)49-16-12-26(13-17-49)58-25-10-6-23(7-11-25)40(41,42)43/h4-11,14,18,26-28,31-36,38,51,54-55H,2-3,12-13,15-17,19-21,44H2,1H3,(H2,45,56)(H,46,52)(H,47,53,57)/t27-,28+,31-,32-,33-,34+,35-,36-,38+/m0/s1. The topological polar surface area (TPSA) is 257 Å². The largest absolute Gasteiger partial charge is 0.490 e. The van der Waals surface area contributed by atoms with E-state index in [1.807, 2.05) is 24.3 Å². The van der Waals surface area contributed by atoms with Gasteiger partial charge in [-0.15, -0.1) is 0 Å². The van der Waals surface area contributed by atoms with Crippen molar-refractivity contribution >= 4 is 17.5 Å². The van der Waals surface area contributed by atoms with Crippen LogP contribution in [0.1, 0.15) is 49.5 Å². The van der Waals surface area contributed by atoms with Crippen LogP contribution in [-0.4, -0.2) is 130 Å². The number of aromatic nitrogens is 2. The van der Waals surface area contributed by atoms with Crippen LogP contribution in [0.25, 0.3) is 0 Å². The summed E-state index contributed by atoms with van der Waals surface area (Å²) in [5.74, 6) is -0.766. The highest BCUT2D eigenvalue weighted by atomic mass is 19.4. The molecular weight excluding hydrogens is 811 g/mol. The van der Waals surface area contributed by atoms with Gasteiger partial charge in [0.05, 0.1) is 17.8 Å². The van der Waals surface area contributed by atoms with Gasteiger partial charge in [0.1, 0.15) is 42.3 Å². The number of nitrogens with one attached hydrogen (secondary N) is 2. The van der Waals surface area contributed by atoms with Crippen molar-refractivity contribution in [2.75, 3.05) is 38.1 Å². The van der Waals surface area contributed by atoms with Crippen LogP contribution in [0.4, 0.5) is 18.9 Å². The van der Waals surface area contributed by atoms with E-state index in [2.05, 4.69) is 15.2 Å². The average molecular weight is 864 g/mol. The normalized spacial score (nSPS) is 25.7. The third-order valence-corrected chi connectivity index (χ3v) is 11.2. The number of aliphatic hydroxyl groups excluding tert-OH is 3. The van der Waals surface area contributed by atoms with Crippen LogP contribution >= 0.6 is 0 Å². The van der Waals surface area contributed by atoms with Gasteiger partial charge in [-0.2, -0.15) is 13.2 Å². The summed E-state index contributed by atoms with van der Waals surface area (Å²) in [6.07, 6.45) is -12.5. The number of H-pyrrole nitrogens is 1. The van der Waals surface area contributed by atoms with Crippen molar-refractivity contribution in [1.29, 1.82) is 0 Å². The van der Waals surface area contributed by atoms with Gasteiger partial charge in [-0.25, -0.2) is 4.79 Å². The molecule has 0 saturated carbocycles. The highest BCUT2D eigenvalue weighted by Gasteiger charge is 2.53. The summed E-state index contributed by atoms with van der Waals surface area (Å²) in [5, 5.41) is 35.5. The van der Waals surface area contributed by atoms with Crippen molar-refractivity contribution in [2.45, 2.75) is 106 Å². The number of primary amides is 1. The molecule has 9 N–H and O–H groups in total. The lowest BCUT2D eigenvalue weighted by molar-refractivity contribution is -0.214. The fourth-order valence-corrected chi connectivity index (χ4v) is 7.83. The van der Waals surface area contributed by atoms with E-state index in [0.717, 1.165) is 40.2 Å². The number of nitrogens with two attached hydrogens (primary N) is 2. The Morgan fingerprint density at radius 3 is 2.31 bits per heavy atom. The van der Waals surface area contributed by atoms with Crippen molar-refractivity contribution in [3.63, 3.8) is 0 Å². The molecule has 6 rings (SSSR count). The Labute approximate surface area is 348 Å². The monoisotopic (exact) mass is 863 g/mol. The predicted octanol–water partition coefficient (Wildman–Crippen LogP) is -0.0755. The molecule has 9 atom stereocenters. The molecule has 18 nitrogen and oxygen atoms in total. The molecule has 3 aromatic rings. The number of aromatic amines is 1. The number of alkyl halides is 3. The molecule has 2 aromatic carbocycles.